The van der Waals surface area contributed by atoms with Gasteiger partial charge in [0.25, 0.3) is 0 Å². The van der Waals surface area contributed by atoms with Crippen LogP contribution < -0.4 is 11.1 Å². The van der Waals surface area contributed by atoms with Crippen LogP contribution >= 0.6 is 0 Å². The molecule has 0 spiro atoms. The van der Waals surface area contributed by atoms with Crippen molar-refractivity contribution in [2.75, 3.05) is 13.1 Å². The van der Waals surface area contributed by atoms with E-state index in [-0.39, 0.29) is 0 Å². The van der Waals surface area contributed by atoms with Crippen molar-refractivity contribution in [1.82, 2.24) is 5.32 Å². The minimum atomic E-state index is 0.333. The first-order valence-electron chi connectivity index (χ1n) is 10.3. The third kappa shape index (κ3) is 5.54. The molecule has 0 fully saturated rings. The van der Waals surface area contributed by atoms with Gasteiger partial charge in [-0.3, -0.25) is 0 Å². The average Bonchev–Trinajstić information content (AvgIpc) is 3.14. The Labute approximate surface area is 169 Å². The fraction of sp³-hybridized carbons (Fsp3) is 0.308. The zero-order valence-electron chi connectivity index (χ0n) is 16.9. The Morgan fingerprint density at radius 3 is 2.32 bits per heavy atom. The molecule has 1 atom stereocenters. The molecule has 0 saturated heterocycles. The first-order chi connectivity index (χ1) is 13.7. The summed E-state index contributed by atoms with van der Waals surface area (Å²) in [6.07, 6.45) is 9.85. The third-order valence-corrected chi connectivity index (χ3v) is 5.57. The minimum Gasteiger partial charge on any atom is -0.329 e. The fourth-order valence-electron chi connectivity index (χ4n) is 4.01. The summed E-state index contributed by atoms with van der Waals surface area (Å²) in [5, 5.41) is 3.61. The predicted molar refractivity (Wildman–Crippen MR) is 121 cm³/mol. The van der Waals surface area contributed by atoms with Crippen molar-refractivity contribution >= 4 is 5.57 Å². The van der Waals surface area contributed by atoms with E-state index in [9.17, 15) is 0 Å². The predicted octanol–water partition coefficient (Wildman–Crippen LogP) is 4.92. The van der Waals surface area contributed by atoms with Crippen LogP contribution in [-0.2, 0) is 12.8 Å². The lowest BCUT2D eigenvalue weighted by atomic mass is 9.96. The molecule has 2 heteroatoms. The van der Waals surface area contributed by atoms with Crippen LogP contribution in [0.3, 0.4) is 0 Å². The van der Waals surface area contributed by atoms with Crippen LogP contribution in [0.1, 0.15) is 30.0 Å². The molecule has 0 heterocycles. The van der Waals surface area contributed by atoms with Gasteiger partial charge in [-0.2, -0.15) is 0 Å². The molecule has 1 aliphatic rings. The molecule has 0 aromatic heterocycles. The van der Waals surface area contributed by atoms with Gasteiger partial charge in [-0.15, -0.1) is 0 Å². The summed E-state index contributed by atoms with van der Waals surface area (Å²) >= 11 is 0. The normalized spacial score (nSPS) is 15.7. The molecule has 2 aromatic carbocycles. The van der Waals surface area contributed by atoms with Crippen LogP contribution in [0.2, 0.25) is 0 Å². The zero-order valence-corrected chi connectivity index (χ0v) is 16.9. The van der Waals surface area contributed by atoms with Gasteiger partial charge < -0.3 is 11.1 Å². The zero-order chi connectivity index (χ0) is 19.8. The van der Waals surface area contributed by atoms with Crippen molar-refractivity contribution in [3.8, 4) is 0 Å². The molecule has 0 saturated carbocycles. The van der Waals surface area contributed by atoms with Crippen molar-refractivity contribution in [2.45, 2.75) is 32.2 Å². The second-order valence-electron chi connectivity index (χ2n) is 7.69. The molecule has 0 bridgehead atoms. The molecule has 28 heavy (non-hydrogen) atoms. The number of benzene rings is 2. The molecular weight excluding hydrogens is 340 g/mol. The van der Waals surface area contributed by atoms with E-state index in [0.717, 1.165) is 18.5 Å². The van der Waals surface area contributed by atoms with E-state index in [4.69, 9.17) is 5.73 Å². The van der Waals surface area contributed by atoms with E-state index >= 15 is 0 Å². The SMILES string of the molecule is C=C(/C=C\C(=C/C)c1ccccc1)CNC(CN)CC1Cc2ccccc2C1. The lowest BCUT2D eigenvalue weighted by Crippen LogP contribution is -2.38. The number of rotatable bonds is 9. The van der Waals surface area contributed by atoms with Crippen LogP contribution in [0.25, 0.3) is 5.57 Å². The van der Waals surface area contributed by atoms with Crippen molar-refractivity contribution in [3.63, 3.8) is 0 Å². The largest absolute Gasteiger partial charge is 0.329 e. The maximum Gasteiger partial charge on any atom is 0.0202 e. The second-order valence-corrected chi connectivity index (χ2v) is 7.69. The number of hydrogen-bond acceptors (Lipinski definition) is 2. The molecular formula is C26H32N2. The minimum absolute atomic E-state index is 0.333. The molecule has 0 aliphatic heterocycles. The number of nitrogens with one attached hydrogen (secondary N) is 1. The maximum atomic E-state index is 6.04. The van der Waals surface area contributed by atoms with Gasteiger partial charge in [0.05, 0.1) is 0 Å². The van der Waals surface area contributed by atoms with Gasteiger partial charge >= 0.3 is 0 Å². The molecule has 1 unspecified atom stereocenters. The Hall–Kier alpha value is -2.42. The van der Waals surface area contributed by atoms with Gasteiger partial charge in [-0.1, -0.05) is 79.4 Å². The van der Waals surface area contributed by atoms with Gasteiger partial charge in [0.1, 0.15) is 0 Å². The van der Waals surface area contributed by atoms with Gasteiger partial charge in [0.15, 0.2) is 0 Å². The lowest BCUT2D eigenvalue weighted by Gasteiger charge is -2.20. The summed E-state index contributed by atoms with van der Waals surface area (Å²) < 4.78 is 0. The fourth-order valence-corrected chi connectivity index (χ4v) is 4.01. The first kappa shape index (κ1) is 20.3. The molecule has 0 radical (unpaired) electrons. The van der Waals surface area contributed by atoms with E-state index in [2.05, 4.69) is 85.6 Å². The molecule has 1 aliphatic carbocycles. The van der Waals surface area contributed by atoms with Gasteiger partial charge in [0, 0.05) is 19.1 Å². The Balaban J connectivity index is 1.48. The highest BCUT2D eigenvalue weighted by atomic mass is 14.9. The summed E-state index contributed by atoms with van der Waals surface area (Å²) in [7, 11) is 0. The number of allylic oxidation sites excluding steroid dienone is 3. The standard InChI is InChI=1S/C26H32N2/c1-3-22(23-9-5-4-6-10-23)14-13-20(2)19-28-26(18-27)17-21-15-24-11-7-8-12-25(24)16-21/h3-14,21,26,28H,2,15-19,27H2,1H3/b14-13-,22-3+. The van der Waals surface area contributed by atoms with Crippen LogP contribution in [0, 0.1) is 5.92 Å². The Morgan fingerprint density at radius 1 is 1.07 bits per heavy atom. The quantitative estimate of drug-likeness (QED) is 0.613. The Kier molecular flexibility index (Phi) is 7.41. The Bertz CT molecular complexity index is 808. The van der Waals surface area contributed by atoms with Crippen molar-refractivity contribution in [3.05, 3.63) is 102 Å². The van der Waals surface area contributed by atoms with Crippen LogP contribution in [0.5, 0.6) is 0 Å². The maximum absolute atomic E-state index is 6.04. The van der Waals surface area contributed by atoms with E-state index in [1.165, 1.54) is 35.1 Å². The third-order valence-electron chi connectivity index (χ3n) is 5.57. The highest BCUT2D eigenvalue weighted by molar-refractivity contribution is 5.74. The highest BCUT2D eigenvalue weighted by Crippen LogP contribution is 2.29. The Morgan fingerprint density at radius 2 is 1.71 bits per heavy atom. The van der Waals surface area contributed by atoms with Gasteiger partial charge in [-0.25, -0.2) is 0 Å². The first-order valence-corrected chi connectivity index (χ1v) is 10.3. The van der Waals surface area contributed by atoms with E-state index in [0.29, 0.717) is 18.5 Å². The molecule has 2 nitrogen and oxygen atoms in total. The summed E-state index contributed by atoms with van der Waals surface area (Å²) in [5.74, 6) is 0.690. The van der Waals surface area contributed by atoms with Crippen LogP contribution in [-0.4, -0.2) is 19.1 Å². The van der Waals surface area contributed by atoms with Crippen molar-refractivity contribution in [1.29, 1.82) is 0 Å². The monoisotopic (exact) mass is 372 g/mol. The summed E-state index contributed by atoms with van der Waals surface area (Å²) in [6.45, 7) is 7.70. The molecule has 146 valence electrons. The number of fused-ring (bicyclic) bond motifs is 1. The molecule has 3 rings (SSSR count). The smallest absolute Gasteiger partial charge is 0.0202 e. The molecule has 2 aromatic rings. The number of nitrogens with two attached hydrogens (primary N) is 1. The molecule has 3 N–H and O–H groups in total. The summed E-state index contributed by atoms with van der Waals surface area (Å²) in [4.78, 5) is 0. The lowest BCUT2D eigenvalue weighted by molar-refractivity contribution is 0.405. The van der Waals surface area contributed by atoms with Crippen LogP contribution in [0.15, 0.2) is 85.0 Å². The van der Waals surface area contributed by atoms with Gasteiger partial charge in [0.2, 0.25) is 0 Å². The molecule has 0 amide bonds. The van der Waals surface area contributed by atoms with E-state index in [1.807, 2.05) is 6.07 Å². The van der Waals surface area contributed by atoms with E-state index in [1.54, 1.807) is 0 Å². The van der Waals surface area contributed by atoms with E-state index < -0.39 is 0 Å². The second kappa shape index (κ2) is 10.2. The van der Waals surface area contributed by atoms with Gasteiger partial charge in [-0.05, 0) is 59.9 Å². The van der Waals surface area contributed by atoms with Crippen molar-refractivity contribution < 1.29 is 0 Å². The topological polar surface area (TPSA) is 38.0 Å². The summed E-state index contributed by atoms with van der Waals surface area (Å²) in [6, 6.07) is 19.6. The number of hydrogen-bond donors (Lipinski definition) is 2. The van der Waals surface area contributed by atoms with Crippen LogP contribution in [0.4, 0.5) is 0 Å². The van der Waals surface area contributed by atoms with Crippen molar-refractivity contribution in [2.24, 2.45) is 11.7 Å². The highest BCUT2D eigenvalue weighted by Gasteiger charge is 2.23. The average molecular weight is 373 g/mol. The summed E-state index contributed by atoms with van der Waals surface area (Å²) in [5.41, 5.74) is 12.6.